The van der Waals surface area contributed by atoms with Crippen LogP contribution in [0.1, 0.15) is 33.1 Å². The van der Waals surface area contributed by atoms with Gasteiger partial charge in [-0.25, -0.2) is 4.79 Å². The zero-order chi connectivity index (χ0) is 16.8. The van der Waals surface area contributed by atoms with Crippen molar-refractivity contribution >= 4 is 11.9 Å². The van der Waals surface area contributed by atoms with E-state index in [0.29, 0.717) is 13.1 Å². The summed E-state index contributed by atoms with van der Waals surface area (Å²) in [6.45, 7) is 12.3. The van der Waals surface area contributed by atoms with Crippen LogP contribution in [-0.4, -0.2) is 78.0 Å². The topological polar surface area (TPSA) is 55.9 Å². The number of hydrogen-bond donors (Lipinski definition) is 1. The summed E-state index contributed by atoms with van der Waals surface area (Å²) >= 11 is 0. The number of nitrogens with zero attached hydrogens (tertiary/aromatic N) is 3. The predicted molar refractivity (Wildman–Crippen MR) is 91.2 cm³/mol. The molecule has 23 heavy (non-hydrogen) atoms. The van der Waals surface area contributed by atoms with Gasteiger partial charge in [0.1, 0.15) is 0 Å². The van der Waals surface area contributed by atoms with Gasteiger partial charge in [-0.15, -0.1) is 6.58 Å². The number of carbonyl (C=O) groups is 2. The summed E-state index contributed by atoms with van der Waals surface area (Å²) in [6.07, 6.45) is 4.83. The summed E-state index contributed by atoms with van der Waals surface area (Å²) in [5.74, 6) is 0.236. The Hall–Kier alpha value is -1.56. The van der Waals surface area contributed by atoms with E-state index in [0.717, 1.165) is 45.4 Å². The molecule has 6 nitrogen and oxygen atoms in total. The van der Waals surface area contributed by atoms with Crippen molar-refractivity contribution in [1.29, 1.82) is 0 Å². The summed E-state index contributed by atoms with van der Waals surface area (Å²) in [6, 6.07) is 0.00391. The summed E-state index contributed by atoms with van der Waals surface area (Å²) in [4.78, 5) is 30.7. The zero-order valence-corrected chi connectivity index (χ0v) is 14.5. The van der Waals surface area contributed by atoms with Crippen molar-refractivity contribution < 1.29 is 9.59 Å². The summed E-state index contributed by atoms with van der Waals surface area (Å²) in [5.41, 5.74) is 0. The molecule has 2 atom stereocenters. The monoisotopic (exact) mass is 322 g/mol. The van der Waals surface area contributed by atoms with E-state index >= 15 is 0 Å². The molecule has 0 aliphatic carbocycles. The van der Waals surface area contributed by atoms with Gasteiger partial charge in [-0.1, -0.05) is 6.08 Å². The molecule has 2 saturated heterocycles. The fourth-order valence-electron chi connectivity index (χ4n) is 3.28. The molecule has 0 aromatic carbocycles. The van der Waals surface area contributed by atoms with E-state index in [-0.39, 0.29) is 24.0 Å². The third kappa shape index (κ3) is 4.70. The number of hydrogen-bond acceptors (Lipinski definition) is 3. The van der Waals surface area contributed by atoms with Crippen molar-refractivity contribution in [3.05, 3.63) is 12.7 Å². The van der Waals surface area contributed by atoms with Crippen LogP contribution in [-0.2, 0) is 4.79 Å². The van der Waals surface area contributed by atoms with Gasteiger partial charge in [-0.05, 0) is 33.1 Å². The van der Waals surface area contributed by atoms with E-state index in [9.17, 15) is 9.59 Å². The molecule has 0 aromatic heterocycles. The fourth-order valence-corrected chi connectivity index (χ4v) is 3.28. The Morgan fingerprint density at radius 3 is 2.22 bits per heavy atom. The van der Waals surface area contributed by atoms with Gasteiger partial charge >= 0.3 is 6.03 Å². The third-order valence-corrected chi connectivity index (χ3v) is 4.81. The molecule has 2 heterocycles. The lowest BCUT2D eigenvalue weighted by molar-refractivity contribution is -0.135. The summed E-state index contributed by atoms with van der Waals surface area (Å²) < 4.78 is 0. The first-order valence-corrected chi connectivity index (χ1v) is 8.72. The quantitative estimate of drug-likeness (QED) is 0.776. The number of carbonyl (C=O) groups excluding carboxylic acids is 2. The van der Waals surface area contributed by atoms with Crippen molar-refractivity contribution in [3.8, 4) is 0 Å². The molecule has 0 radical (unpaired) electrons. The minimum absolute atomic E-state index is 0.0162. The molecule has 2 fully saturated rings. The highest BCUT2D eigenvalue weighted by atomic mass is 16.2. The lowest BCUT2D eigenvalue weighted by Gasteiger charge is -2.38. The van der Waals surface area contributed by atoms with Gasteiger partial charge in [0.2, 0.25) is 5.91 Å². The smallest absolute Gasteiger partial charge is 0.317 e. The molecule has 6 heteroatoms. The zero-order valence-electron chi connectivity index (χ0n) is 14.5. The standard InChI is InChI=1S/C17H30N4O2/c1-4-7-14(2)18-17(23)21-12-10-19(11-13-21)15(3)16(22)20-8-5-6-9-20/h4,14-15H,1,5-13H2,2-3H3,(H,18,23). The maximum atomic E-state index is 12.5. The maximum Gasteiger partial charge on any atom is 0.317 e. The van der Waals surface area contributed by atoms with Crippen molar-refractivity contribution in [2.75, 3.05) is 39.3 Å². The highest BCUT2D eigenvalue weighted by Crippen LogP contribution is 2.14. The Kier molecular flexibility index (Phi) is 6.45. The fraction of sp³-hybridized carbons (Fsp3) is 0.765. The Morgan fingerprint density at radius 1 is 1.04 bits per heavy atom. The van der Waals surface area contributed by atoms with Gasteiger partial charge in [0.15, 0.2) is 0 Å². The van der Waals surface area contributed by atoms with Crippen LogP contribution < -0.4 is 5.32 Å². The van der Waals surface area contributed by atoms with Crippen molar-refractivity contribution in [2.45, 2.75) is 45.2 Å². The van der Waals surface area contributed by atoms with Crippen LogP contribution in [0.15, 0.2) is 12.7 Å². The van der Waals surface area contributed by atoms with Gasteiger partial charge < -0.3 is 15.1 Å². The predicted octanol–water partition coefficient (Wildman–Crippen LogP) is 1.29. The second-order valence-electron chi connectivity index (χ2n) is 6.61. The highest BCUT2D eigenvalue weighted by Gasteiger charge is 2.31. The Balaban J connectivity index is 1.77. The average molecular weight is 322 g/mol. The number of likely N-dealkylation sites (tertiary alicyclic amines) is 1. The lowest BCUT2D eigenvalue weighted by atomic mass is 10.2. The molecule has 3 amide bonds. The first-order valence-electron chi connectivity index (χ1n) is 8.72. The van der Waals surface area contributed by atoms with Crippen molar-refractivity contribution in [1.82, 2.24) is 20.0 Å². The molecular weight excluding hydrogens is 292 g/mol. The van der Waals surface area contributed by atoms with Crippen LogP contribution >= 0.6 is 0 Å². The Labute approximate surface area is 139 Å². The third-order valence-electron chi connectivity index (χ3n) is 4.81. The Bertz CT molecular complexity index is 426. The maximum absolute atomic E-state index is 12.5. The lowest BCUT2D eigenvalue weighted by Crippen LogP contribution is -2.57. The van der Waals surface area contributed by atoms with Crippen LogP contribution in [0.3, 0.4) is 0 Å². The molecule has 130 valence electrons. The molecule has 0 bridgehead atoms. The summed E-state index contributed by atoms with van der Waals surface area (Å²) in [7, 11) is 0. The van der Waals surface area contributed by atoms with E-state index < -0.39 is 0 Å². The van der Waals surface area contributed by atoms with Gasteiger partial charge in [0.05, 0.1) is 6.04 Å². The van der Waals surface area contributed by atoms with Crippen LogP contribution in [0, 0.1) is 0 Å². The highest BCUT2D eigenvalue weighted by molar-refractivity contribution is 5.81. The van der Waals surface area contributed by atoms with E-state index in [1.54, 1.807) is 0 Å². The van der Waals surface area contributed by atoms with Gasteiger partial charge in [-0.2, -0.15) is 0 Å². The molecule has 0 spiro atoms. The Morgan fingerprint density at radius 2 is 1.65 bits per heavy atom. The van der Waals surface area contributed by atoms with E-state index in [4.69, 9.17) is 0 Å². The normalized spacial score (nSPS) is 21.8. The van der Waals surface area contributed by atoms with Gasteiger partial charge in [-0.3, -0.25) is 9.69 Å². The molecular formula is C17H30N4O2. The second-order valence-corrected chi connectivity index (χ2v) is 6.61. The van der Waals surface area contributed by atoms with Crippen molar-refractivity contribution in [3.63, 3.8) is 0 Å². The van der Waals surface area contributed by atoms with E-state index in [1.807, 2.05) is 29.7 Å². The number of piperazine rings is 1. The first-order chi connectivity index (χ1) is 11.0. The molecule has 0 aromatic rings. The molecule has 2 aliphatic rings. The van der Waals surface area contributed by atoms with Crippen LogP contribution in [0.5, 0.6) is 0 Å². The average Bonchev–Trinajstić information content (AvgIpc) is 3.08. The number of nitrogens with one attached hydrogen (secondary N) is 1. The minimum atomic E-state index is -0.0852. The van der Waals surface area contributed by atoms with Crippen LogP contribution in [0.4, 0.5) is 4.79 Å². The van der Waals surface area contributed by atoms with Crippen molar-refractivity contribution in [2.24, 2.45) is 0 Å². The van der Waals surface area contributed by atoms with Crippen LogP contribution in [0.25, 0.3) is 0 Å². The van der Waals surface area contributed by atoms with Crippen LogP contribution in [0.2, 0.25) is 0 Å². The SMILES string of the molecule is C=CCC(C)NC(=O)N1CCN(C(C)C(=O)N2CCCC2)CC1. The minimum Gasteiger partial charge on any atom is -0.341 e. The molecule has 1 N–H and O–H groups in total. The second kappa shape index (κ2) is 8.34. The number of rotatable bonds is 5. The largest absolute Gasteiger partial charge is 0.341 e. The van der Waals surface area contributed by atoms with E-state index in [1.165, 1.54) is 0 Å². The summed E-state index contributed by atoms with van der Waals surface area (Å²) in [5, 5.41) is 2.98. The molecule has 2 aliphatic heterocycles. The first kappa shape index (κ1) is 17.8. The van der Waals surface area contributed by atoms with Gasteiger partial charge in [0.25, 0.3) is 0 Å². The molecule has 0 saturated carbocycles. The molecule has 2 unspecified atom stereocenters. The molecule has 2 rings (SSSR count). The number of urea groups is 1. The van der Waals surface area contributed by atoms with E-state index in [2.05, 4.69) is 16.8 Å². The number of amides is 3. The van der Waals surface area contributed by atoms with Gasteiger partial charge in [0, 0.05) is 45.3 Å².